The highest BCUT2D eigenvalue weighted by atomic mass is 35.5. The third kappa shape index (κ3) is 7.69. The second-order valence-electron chi connectivity index (χ2n) is 8.41. The van der Waals surface area contributed by atoms with Crippen molar-refractivity contribution >= 4 is 70.0 Å². The average molecular weight is 562 g/mol. The summed E-state index contributed by atoms with van der Waals surface area (Å²) in [5.41, 5.74) is 1.73. The number of rotatable bonds is 10. The fourth-order valence-corrected chi connectivity index (χ4v) is 5.88. The van der Waals surface area contributed by atoms with Crippen molar-refractivity contribution in [3.8, 4) is 0 Å². The van der Waals surface area contributed by atoms with Crippen molar-refractivity contribution in [1.29, 1.82) is 0 Å². The van der Waals surface area contributed by atoms with Gasteiger partial charge >= 0.3 is 0 Å². The Morgan fingerprint density at radius 3 is 2.41 bits per heavy atom. The van der Waals surface area contributed by atoms with Crippen molar-refractivity contribution < 1.29 is 9.59 Å². The smallest absolute Gasteiger partial charge is 0.243 e. The van der Waals surface area contributed by atoms with Gasteiger partial charge in [-0.15, -0.1) is 11.8 Å². The first kappa shape index (κ1) is 27.5. The molecule has 0 aromatic heterocycles. The summed E-state index contributed by atoms with van der Waals surface area (Å²) in [4.78, 5) is 28.2. The van der Waals surface area contributed by atoms with Crippen LogP contribution in [0.5, 0.6) is 0 Å². The number of carbonyl (C=O) groups is 2. The Labute approximate surface area is 225 Å². The first-order chi connectivity index (χ1) is 16.3. The van der Waals surface area contributed by atoms with Crippen LogP contribution in [0, 0.1) is 0 Å². The lowest BCUT2D eigenvalue weighted by Gasteiger charge is -2.31. The quantitative estimate of drug-likeness (QED) is 0.329. The predicted molar refractivity (Wildman–Crippen MR) is 144 cm³/mol. The molecular weight excluding hydrogens is 534 g/mol. The molecule has 0 aliphatic heterocycles. The van der Waals surface area contributed by atoms with Crippen molar-refractivity contribution in [3.05, 3.63) is 67.6 Å². The van der Waals surface area contributed by atoms with E-state index in [-0.39, 0.29) is 30.2 Å². The molecule has 184 valence electrons. The molecule has 2 aromatic carbocycles. The minimum Gasteiger partial charge on any atom is -0.352 e. The first-order valence-corrected chi connectivity index (χ1v) is 14.0. The van der Waals surface area contributed by atoms with Gasteiger partial charge in [-0.25, -0.2) is 0 Å². The zero-order valence-electron chi connectivity index (χ0n) is 19.0. The molecule has 2 aromatic rings. The third-order valence-electron chi connectivity index (χ3n) is 5.92. The van der Waals surface area contributed by atoms with Gasteiger partial charge in [-0.05, 0) is 54.7 Å². The van der Waals surface area contributed by atoms with E-state index in [1.165, 1.54) is 11.8 Å². The minimum atomic E-state index is -0.567. The molecule has 9 heteroatoms. The molecule has 0 heterocycles. The zero-order chi connectivity index (χ0) is 24.7. The molecule has 1 fully saturated rings. The molecular formula is C25H28Cl4N2O2S. The minimum absolute atomic E-state index is 0.103. The number of thioether (sulfide) groups is 1. The van der Waals surface area contributed by atoms with E-state index < -0.39 is 6.04 Å². The molecule has 0 unspecified atom stereocenters. The Balaban J connectivity index is 1.73. The van der Waals surface area contributed by atoms with Crippen LogP contribution in [0.4, 0.5) is 0 Å². The van der Waals surface area contributed by atoms with Gasteiger partial charge in [-0.3, -0.25) is 9.59 Å². The maximum absolute atomic E-state index is 13.4. The fourth-order valence-electron chi connectivity index (χ4n) is 4.09. The largest absolute Gasteiger partial charge is 0.352 e. The maximum Gasteiger partial charge on any atom is 0.243 e. The maximum atomic E-state index is 13.4. The monoisotopic (exact) mass is 560 g/mol. The van der Waals surface area contributed by atoms with Gasteiger partial charge in [0.25, 0.3) is 0 Å². The van der Waals surface area contributed by atoms with Gasteiger partial charge in [-0.2, -0.15) is 0 Å². The van der Waals surface area contributed by atoms with E-state index in [9.17, 15) is 9.59 Å². The van der Waals surface area contributed by atoms with Crippen LogP contribution in [-0.4, -0.2) is 34.6 Å². The second kappa shape index (κ2) is 13.3. The van der Waals surface area contributed by atoms with Crippen molar-refractivity contribution in [2.24, 2.45) is 0 Å². The molecule has 4 nitrogen and oxygen atoms in total. The van der Waals surface area contributed by atoms with Gasteiger partial charge in [0.15, 0.2) is 0 Å². The van der Waals surface area contributed by atoms with Crippen LogP contribution in [0.2, 0.25) is 20.1 Å². The van der Waals surface area contributed by atoms with Crippen LogP contribution >= 0.6 is 58.2 Å². The van der Waals surface area contributed by atoms with Crippen molar-refractivity contribution in [1.82, 2.24) is 10.2 Å². The number of halogens is 4. The Kier molecular flexibility index (Phi) is 10.7. The normalized spacial score (nSPS) is 14.7. The SMILES string of the molecule is CC[C@@H](C(=O)NC1CCCC1)N(Cc1ccc(Cl)c(Cl)c1)C(=O)CSCc1ccc(Cl)cc1Cl. The molecule has 0 radical (unpaired) electrons. The van der Waals surface area contributed by atoms with E-state index in [1.54, 1.807) is 29.2 Å². The molecule has 1 N–H and O–H groups in total. The summed E-state index contributed by atoms with van der Waals surface area (Å²) in [7, 11) is 0. The Morgan fingerprint density at radius 2 is 1.76 bits per heavy atom. The highest BCUT2D eigenvalue weighted by molar-refractivity contribution is 7.99. The lowest BCUT2D eigenvalue weighted by atomic mass is 10.1. The van der Waals surface area contributed by atoms with Gasteiger partial charge in [0.1, 0.15) is 6.04 Å². The van der Waals surface area contributed by atoms with Gasteiger partial charge in [0.2, 0.25) is 11.8 Å². The Bertz CT molecular complexity index is 1010. The highest BCUT2D eigenvalue weighted by Gasteiger charge is 2.30. The Hall–Kier alpha value is -1.11. The van der Waals surface area contributed by atoms with E-state index in [2.05, 4.69) is 5.32 Å². The van der Waals surface area contributed by atoms with Gasteiger partial charge in [0, 0.05) is 28.4 Å². The van der Waals surface area contributed by atoms with Crippen molar-refractivity contribution in [3.63, 3.8) is 0 Å². The van der Waals surface area contributed by atoms with E-state index in [0.29, 0.717) is 32.3 Å². The summed E-state index contributed by atoms with van der Waals surface area (Å²) in [5, 5.41) is 5.16. The molecule has 2 amide bonds. The topological polar surface area (TPSA) is 49.4 Å². The lowest BCUT2D eigenvalue weighted by molar-refractivity contribution is -0.139. The Morgan fingerprint density at radius 1 is 1.03 bits per heavy atom. The van der Waals surface area contributed by atoms with Gasteiger partial charge < -0.3 is 10.2 Å². The van der Waals surface area contributed by atoms with Crippen LogP contribution in [0.25, 0.3) is 0 Å². The van der Waals surface area contributed by atoms with Gasteiger partial charge in [-0.1, -0.05) is 78.3 Å². The number of benzene rings is 2. The predicted octanol–water partition coefficient (Wildman–Crippen LogP) is 7.40. The number of amides is 2. The summed E-state index contributed by atoms with van der Waals surface area (Å²) < 4.78 is 0. The van der Waals surface area contributed by atoms with Crippen molar-refractivity contribution in [2.45, 2.75) is 63.4 Å². The first-order valence-electron chi connectivity index (χ1n) is 11.3. The summed E-state index contributed by atoms with van der Waals surface area (Å²) in [5.74, 6) is 0.559. The zero-order valence-corrected chi connectivity index (χ0v) is 22.8. The molecule has 34 heavy (non-hydrogen) atoms. The molecule has 1 atom stereocenters. The molecule has 0 saturated heterocycles. The van der Waals surface area contributed by atoms with E-state index >= 15 is 0 Å². The standard InChI is InChI=1S/C25H28Cl4N2O2S/c1-2-23(25(33)30-19-5-3-4-6-19)31(13-16-7-10-20(27)22(29)11-16)24(32)15-34-14-17-8-9-18(26)12-21(17)28/h7-12,19,23H,2-6,13-15H2,1H3,(H,30,33)/t23-/m0/s1. The lowest BCUT2D eigenvalue weighted by Crippen LogP contribution is -2.51. The molecule has 0 bridgehead atoms. The molecule has 1 saturated carbocycles. The van der Waals surface area contributed by atoms with E-state index in [4.69, 9.17) is 46.4 Å². The molecule has 3 rings (SSSR count). The molecule has 1 aliphatic carbocycles. The van der Waals surface area contributed by atoms with Crippen LogP contribution in [0.15, 0.2) is 36.4 Å². The summed E-state index contributed by atoms with van der Waals surface area (Å²) in [6, 6.07) is 10.2. The van der Waals surface area contributed by atoms with Crippen LogP contribution in [-0.2, 0) is 21.9 Å². The van der Waals surface area contributed by atoms with Gasteiger partial charge in [0.05, 0.1) is 15.8 Å². The van der Waals surface area contributed by atoms with E-state index in [1.807, 2.05) is 19.1 Å². The van der Waals surface area contributed by atoms with Crippen LogP contribution in [0.1, 0.15) is 50.2 Å². The van der Waals surface area contributed by atoms with Crippen LogP contribution < -0.4 is 5.32 Å². The molecule has 0 spiro atoms. The number of carbonyl (C=O) groups excluding carboxylic acids is 2. The summed E-state index contributed by atoms with van der Waals surface area (Å²) >= 11 is 26.0. The van der Waals surface area contributed by atoms with E-state index in [0.717, 1.165) is 36.8 Å². The number of hydrogen-bond donors (Lipinski definition) is 1. The fraction of sp³-hybridized carbons (Fsp3) is 0.440. The number of hydrogen-bond acceptors (Lipinski definition) is 3. The third-order valence-corrected chi connectivity index (χ3v) is 8.21. The second-order valence-corrected chi connectivity index (χ2v) is 11.1. The van der Waals surface area contributed by atoms with Crippen LogP contribution in [0.3, 0.4) is 0 Å². The molecule has 1 aliphatic rings. The number of nitrogens with zero attached hydrogens (tertiary/aromatic N) is 1. The average Bonchev–Trinajstić information content (AvgIpc) is 3.30. The number of nitrogens with one attached hydrogen (secondary N) is 1. The highest BCUT2D eigenvalue weighted by Crippen LogP contribution is 2.27. The summed E-state index contributed by atoms with van der Waals surface area (Å²) in [6.07, 6.45) is 4.73. The van der Waals surface area contributed by atoms with Crippen molar-refractivity contribution in [2.75, 3.05) is 5.75 Å². The summed E-state index contributed by atoms with van der Waals surface area (Å²) in [6.45, 7) is 2.20.